The van der Waals surface area contributed by atoms with Gasteiger partial charge in [-0.05, 0) is 22.9 Å². The summed E-state index contributed by atoms with van der Waals surface area (Å²) in [4.78, 5) is 9.02. The molecule has 0 saturated heterocycles. The minimum atomic E-state index is 0.962. The van der Waals surface area contributed by atoms with Crippen molar-refractivity contribution >= 4 is 959 Å². The summed E-state index contributed by atoms with van der Waals surface area (Å²) in [5.41, 5.74) is 1.93. The highest BCUT2D eigenvalue weighted by Crippen LogP contribution is 2.34. The van der Waals surface area contributed by atoms with Crippen LogP contribution in [0, 0.1) is 0 Å². The van der Waals surface area contributed by atoms with E-state index in [1.807, 2.05) is 776 Å². The maximum Gasteiger partial charge on any atom is 0.0971 e. The molecule has 0 saturated carbocycles. The molecule has 1 heterocycles. The predicted molar refractivity (Wildman–Crippen MR) is 833 cm³/mol. The van der Waals surface area contributed by atoms with Crippen LogP contribution >= 0.6 is 15.9 Å². The lowest BCUT2D eigenvalue weighted by atomic mass is 10.00. The number of aromatic nitrogens is 2. The Morgan fingerprint density at radius 1 is 0.149 bits per heavy atom. The zero-order valence-corrected chi connectivity index (χ0v) is 136. The molecular formula is C16H9BrN2S102. The minimum absolute atomic E-state index is 0.962. The van der Waals surface area contributed by atoms with E-state index in [0.717, 1.165) is 26.3 Å². The van der Waals surface area contributed by atoms with Gasteiger partial charge in [0.2, 0.25) is 0 Å². The third kappa shape index (κ3) is 97.2. The highest BCUT2D eigenvalue weighted by molar-refractivity contribution is 9.10. The fourth-order valence-corrected chi connectivity index (χ4v) is 273. The number of hydrogen-bond donors (Lipinski definition) is 0. The van der Waals surface area contributed by atoms with Crippen LogP contribution in [0.3, 0.4) is 0 Å². The second-order valence-corrected chi connectivity index (χ2v) is 189. The first-order chi connectivity index (χ1) is 60.3. The third-order valence-electron chi connectivity index (χ3n) is 6.16. The maximum atomic E-state index is 4.83. The fourth-order valence-electron chi connectivity index (χ4n) is 3.71. The van der Waals surface area contributed by atoms with E-state index in [1.54, 1.807) is 119 Å². The van der Waals surface area contributed by atoms with E-state index < -0.39 is 0 Å². The van der Waals surface area contributed by atoms with Gasteiger partial charge in [0, 0.05) is 938 Å². The number of benzene rings is 3. The first kappa shape index (κ1) is 136. The normalized spacial score (nSPS) is 8.44. The van der Waals surface area contributed by atoms with E-state index in [-0.39, 0.29) is 0 Å². The number of halogens is 1. The smallest absolute Gasteiger partial charge is 0.0971 e. The van der Waals surface area contributed by atoms with Crippen molar-refractivity contribution in [3.8, 4) is 0 Å². The van der Waals surface area contributed by atoms with Gasteiger partial charge < -0.3 is 0 Å². The Bertz CT molecular complexity index is 9320. The zero-order chi connectivity index (χ0) is 85.5. The molecule has 0 aliphatic heterocycles. The molecule has 4 aromatic rings. The van der Waals surface area contributed by atoms with Crippen LogP contribution in [-0.2, 0) is 910 Å². The van der Waals surface area contributed by atoms with Crippen molar-refractivity contribution in [2.45, 2.75) is 0 Å². The van der Waals surface area contributed by atoms with Gasteiger partial charge in [0.1, 0.15) is 0 Å². The Hall–Kier alpha value is 20.4. The van der Waals surface area contributed by atoms with Crippen LogP contribution in [0.1, 0.15) is 0 Å². The highest BCUT2D eigenvalue weighted by Gasteiger charge is 2.09. The maximum absolute atomic E-state index is 4.83. The molecule has 0 aliphatic carbocycles. The van der Waals surface area contributed by atoms with Gasteiger partial charge >= 0.3 is 0 Å². The summed E-state index contributed by atoms with van der Waals surface area (Å²) in [6.07, 6.45) is 3.50. The van der Waals surface area contributed by atoms with Crippen LogP contribution in [0.4, 0.5) is 0 Å². The molecular weight excluding hydrogens is 3570 g/mol. The molecule has 0 spiro atoms. The summed E-state index contributed by atoms with van der Waals surface area (Å²) in [6.45, 7) is 0. The van der Waals surface area contributed by atoms with Gasteiger partial charge in [0.25, 0.3) is 0 Å². The molecule has 0 bridgehead atoms. The van der Waals surface area contributed by atoms with Crippen LogP contribution in [0.2, 0.25) is 0 Å². The average Bonchev–Trinajstić information content (AvgIpc) is 0.749. The van der Waals surface area contributed by atoms with Crippen molar-refractivity contribution in [2.75, 3.05) is 0 Å². The number of rotatable bonds is 0. The van der Waals surface area contributed by atoms with Crippen LogP contribution in [0.25, 0.3) is 32.6 Å². The fraction of sp³-hybridized carbons (Fsp3) is 0. The molecule has 2 nitrogen and oxygen atoms in total. The molecule has 0 unspecified atom stereocenters. The third-order valence-corrected chi connectivity index (χ3v) is 227. The first-order valence-electron chi connectivity index (χ1n) is 22.9. The van der Waals surface area contributed by atoms with Crippen molar-refractivity contribution in [1.82, 2.24) is 9.97 Å². The Morgan fingerprint density at radius 3 is 0.413 bits per heavy atom. The molecule has 0 radical (unpaired) electrons. The summed E-state index contributed by atoms with van der Waals surface area (Å²) in [6, 6.07) is 14.6. The largest absolute Gasteiger partial charge is 0.252 e. The van der Waals surface area contributed by atoms with E-state index in [9.17, 15) is 0 Å². The standard InChI is InChI=1S/C16H9BrN2.S102/c17-10-5-6-13-14(9-10)11-3-1-2-4-12(11)15-16(13)19-8-7-18-15;1-3-5-7-9-11-13-15-17-19-21-23-25-27-29-31-33-35-37-39-41-43-45-47-49-51-53-55-57-59-61-63-65-67-69-71-73-75-77-79-81-83-85-87-89-91-93-95-97-99-101-102-100-98-96-94-92-90-88-86-84-82-80-78-76-74-72-70-68-66-64-62-60-58-56-54-52-50-48-46-44-42-40-38-36-34-32-30-28-26-24-22-20-18-16-14-12-10-8-6-4-2/h1-9H;. The van der Waals surface area contributed by atoms with Crippen molar-refractivity contribution < 1.29 is 0 Å². The van der Waals surface area contributed by atoms with Crippen LogP contribution in [-0.4, -0.2) is 9.97 Å². The van der Waals surface area contributed by atoms with Crippen LogP contribution in [0.15, 0.2) is 59.3 Å². The summed E-state index contributed by atoms with van der Waals surface area (Å²) in [7, 11) is 181. The predicted octanol–water partition coefficient (Wildman–Crippen LogP) is 4.45. The minimum Gasteiger partial charge on any atom is -0.252 e. The second-order valence-electron chi connectivity index (χ2n) is 11.3. The topological polar surface area (TPSA) is 25.8 Å². The van der Waals surface area contributed by atoms with Gasteiger partial charge in [-0.25, -0.2) is 0 Å². The van der Waals surface area contributed by atoms with E-state index in [1.165, 1.54) is 28.5 Å². The lowest BCUT2D eigenvalue weighted by Gasteiger charge is -2.08. The average molecular weight is 3580 g/mol. The lowest BCUT2D eigenvalue weighted by molar-refractivity contribution is 1.31. The summed E-state index contributed by atoms with van der Waals surface area (Å²) in [5, 5.41) is 4.71. The van der Waals surface area contributed by atoms with Crippen molar-refractivity contribution in [1.29, 1.82) is 0 Å². The summed E-state index contributed by atoms with van der Waals surface area (Å²) >= 11 is 13.2. The Balaban J connectivity index is 0.00000170. The Kier molecular flexibility index (Phi) is 132. The van der Waals surface area contributed by atoms with E-state index in [2.05, 4.69) is 56.2 Å². The SMILES string of the molecule is Brc1ccc2c(c1)c1ccccc1c1nccnc21.S=S=S=S=S=S=S=S=S=S=S=S=S=S=S=S=S=S=S=S=S=S=S=S=S=S=S=S=S=S=S=S=S=S=S=S=S=S=S=S=S=S=S=S=S=S=S=S=S=S=S=S=S=S=S=S=S=S=S=S=S=S=S=S=S=S=S=S=S=S=S=S=S=S=S=S=S=S=S=S=S=S=S=S=S=S=S=S=S=S=S=S=S=S=S=S=S=S=S=S=S=S. The van der Waals surface area contributed by atoms with Gasteiger partial charge in [-0.3, -0.25) is 9.97 Å². The molecule has 0 N–H and O–H groups in total. The van der Waals surface area contributed by atoms with Crippen molar-refractivity contribution in [3.05, 3.63) is 59.3 Å². The molecule has 121 heavy (non-hydrogen) atoms. The molecule has 0 fully saturated rings. The summed E-state index contributed by atoms with van der Waals surface area (Å²) < 4.78 is 1.08. The van der Waals surface area contributed by atoms with Gasteiger partial charge in [-0.15, -0.1) is 0 Å². The number of hydrogen-bond acceptors (Lipinski definition) is 4. The van der Waals surface area contributed by atoms with Crippen LogP contribution < -0.4 is 0 Å². The Labute approximate surface area is 997 Å². The highest BCUT2D eigenvalue weighted by atomic mass is 79.9. The molecule has 0 amide bonds. The van der Waals surface area contributed by atoms with Gasteiger partial charge in [-0.1, -0.05) is 46.3 Å². The molecule has 3 aromatic carbocycles. The molecule has 0 atom stereocenters. The second kappa shape index (κ2) is 118. The molecule has 0 aliphatic rings. The summed E-state index contributed by atoms with van der Waals surface area (Å²) in [5.74, 6) is 0. The lowest BCUT2D eigenvalue weighted by Crippen LogP contribution is -1.88. The zero-order valence-electron chi connectivity index (χ0n) is 51.6. The monoisotopic (exact) mass is 3570 g/mol. The molecule has 105 heteroatoms. The molecule has 1 aromatic heterocycles. The Morgan fingerprint density at radius 2 is 0.273 bits per heavy atom. The van der Waals surface area contributed by atoms with Crippen molar-refractivity contribution in [3.63, 3.8) is 0 Å². The quantitative estimate of drug-likeness (QED) is 0.244. The van der Waals surface area contributed by atoms with E-state index in [0.29, 0.717) is 0 Å². The van der Waals surface area contributed by atoms with Gasteiger partial charge in [0.05, 0.1) is 11.0 Å². The first-order valence-corrected chi connectivity index (χ1v) is 158. The number of nitrogens with zero attached hydrogens (tertiary/aromatic N) is 2. The van der Waals surface area contributed by atoms with Gasteiger partial charge in [-0.2, -0.15) is 0 Å². The number of fused-ring (bicyclic) bond motifs is 6. The van der Waals surface area contributed by atoms with E-state index in [4.69, 9.17) is 22.4 Å². The van der Waals surface area contributed by atoms with E-state index >= 15 is 0 Å². The molecule has 702 valence electrons. The van der Waals surface area contributed by atoms with Crippen molar-refractivity contribution in [2.24, 2.45) is 0 Å². The molecule has 4 rings (SSSR count). The van der Waals surface area contributed by atoms with Gasteiger partial charge in [0.15, 0.2) is 0 Å². The van der Waals surface area contributed by atoms with Crippen LogP contribution in [0.5, 0.6) is 0 Å².